The smallest absolute Gasteiger partial charge is 0.305 e. The number of nitrogens with one attached hydrogen (secondary N) is 16. The van der Waals surface area contributed by atoms with Crippen LogP contribution in [0.3, 0.4) is 0 Å². The third kappa shape index (κ3) is 28.1. The standard InChI is InChI=1S/C76H111N21O18/c1-38(2)26-55-67(106)82-35-60(99)85-52(23-24-61(100)101)69(108)90-56(27-39(3)4)75(114)93-63(40(5)6)76(115)92-58(29-44-33-81-50-19-13-11-17-48(44)50)72(111)86-51(70(109)94-64(42(8)98)65(77)104)20-14-15-25-97-36-45(95-96-97)21-22-53(87-71(110)54(78-9)31-62(102)103)68(107)84-41(7)66(105)88-57(28-43-32-80-49-18-12-10-16-47(43)49)73(112)91-59(74(113)89-55)30-46-34-79-37-83-46/h10-13,16-19,32-34,36-42,51-59,61,63-64,71,78,80-81,87,98,100-101,110H,14-15,20-31,35H2,1-9H3,(H2,77,104)(H,79,83)(H,82,106)(H,84,107)(H,85,99)(H,86,111)(H,88,105)(H,89,113)(H,90,108)(H,91,112)(H,92,115)(H,93,114)(H,94,109)(H,102,103)/t41-,42+,51-,52-,53-,54-,55-,56-,57-,58-,59-,63-,64-,71?/m0/s1. The van der Waals surface area contributed by atoms with Gasteiger partial charge in [0.25, 0.3) is 0 Å². The lowest BCUT2D eigenvalue weighted by molar-refractivity contribution is -0.138. The molecule has 0 saturated heterocycles. The average molecular weight is 1610 g/mol. The summed E-state index contributed by atoms with van der Waals surface area (Å²) in [5, 5.41) is 96.1. The van der Waals surface area contributed by atoms with Gasteiger partial charge < -0.3 is 110 Å². The number of aromatic amines is 3. The number of rotatable bonds is 24. The lowest BCUT2D eigenvalue weighted by Crippen LogP contribution is -2.61. The second-order valence-electron chi connectivity index (χ2n) is 30.2. The number of H-pyrrole nitrogens is 3. The van der Waals surface area contributed by atoms with E-state index in [1.807, 2.05) is 0 Å². The van der Waals surface area contributed by atoms with E-state index in [1.54, 1.807) is 109 Å². The summed E-state index contributed by atoms with van der Waals surface area (Å²) in [4.78, 5) is 198. The minimum atomic E-state index is -1.98. The Morgan fingerprint density at radius 1 is 0.617 bits per heavy atom. The van der Waals surface area contributed by atoms with Crippen LogP contribution in [0.15, 0.2) is 79.6 Å². The zero-order valence-corrected chi connectivity index (χ0v) is 65.9. The highest BCUT2D eigenvalue weighted by Crippen LogP contribution is 2.23. The predicted octanol–water partition coefficient (Wildman–Crippen LogP) is -3.16. The topological polar surface area (TPSA) is 596 Å². The number of aliphatic hydroxyl groups excluding tert-OH is 3. The maximum atomic E-state index is 15.0. The van der Waals surface area contributed by atoms with E-state index < -0.39 is 200 Å². The molecule has 1 unspecified atom stereocenters. The number of fused-ring (bicyclic) bond motifs is 4. The first-order chi connectivity index (χ1) is 54.6. The largest absolute Gasteiger partial charge is 0.481 e. The number of nitrogens with two attached hydrogens (primary N) is 1. The van der Waals surface area contributed by atoms with Gasteiger partial charge in [-0.05, 0) is 113 Å². The van der Waals surface area contributed by atoms with Gasteiger partial charge in [-0.3, -0.25) is 72.3 Å². The van der Waals surface area contributed by atoms with Crippen molar-refractivity contribution in [3.8, 4) is 0 Å². The van der Waals surface area contributed by atoms with Crippen LogP contribution in [0.2, 0.25) is 0 Å². The number of hydrogen-bond acceptors (Lipinski definition) is 22. The lowest BCUT2D eigenvalue weighted by atomic mass is 9.98. The molecule has 2 aromatic carbocycles. The van der Waals surface area contributed by atoms with Crippen molar-refractivity contribution in [2.75, 3.05) is 13.6 Å². The van der Waals surface area contributed by atoms with Crippen molar-refractivity contribution in [2.45, 2.75) is 237 Å². The molecule has 115 heavy (non-hydrogen) atoms. The van der Waals surface area contributed by atoms with E-state index in [-0.39, 0.29) is 82.6 Å². The summed E-state index contributed by atoms with van der Waals surface area (Å²) >= 11 is 0. The summed E-state index contributed by atoms with van der Waals surface area (Å²) in [5.41, 5.74) is 8.74. The first-order valence-corrected chi connectivity index (χ1v) is 38.5. The highest BCUT2D eigenvalue weighted by molar-refractivity contribution is 6.00. The van der Waals surface area contributed by atoms with E-state index in [9.17, 15) is 83.1 Å². The number of carboxylic acids is 1. The van der Waals surface area contributed by atoms with Gasteiger partial charge in [0.2, 0.25) is 70.9 Å². The Hall–Kier alpha value is -11.3. The maximum Gasteiger partial charge on any atom is 0.305 e. The molecule has 0 fully saturated rings. The fourth-order valence-corrected chi connectivity index (χ4v) is 13.2. The first kappa shape index (κ1) is 90.9. The van der Waals surface area contributed by atoms with Gasteiger partial charge in [-0.1, -0.05) is 83.2 Å². The predicted molar refractivity (Wildman–Crippen MR) is 417 cm³/mol. The highest BCUT2D eigenvalue weighted by atomic mass is 16.5. The molecule has 2 bridgehead atoms. The number of carbonyl (C=O) groups excluding carboxylic acids is 12. The number of primary amides is 1. The molecule has 628 valence electrons. The zero-order chi connectivity index (χ0) is 84.3. The van der Waals surface area contributed by atoms with Gasteiger partial charge in [0.05, 0.1) is 43.2 Å². The summed E-state index contributed by atoms with van der Waals surface area (Å²) in [6, 6.07) is -3.18. The molecule has 1 aliphatic rings. The van der Waals surface area contributed by atoms with E-state index >= 15 is 4.79 Å². The molecular formula is C76H111N21O18. The van der Waals surface area contributed by atoms with Crippen LogP contribution in [0.25, 0.3) is 21.8 Å². The zero-order valence-electron chi connectivity index (χ0n) is 65.9. The fraction of sp³-hybridized carbons (Fsp3) is 0.553. The molecule has 12 amide bonds. The first-order valence-electron chi connectivity index (χ1n) is 38.5. The third-order valence-electron chi connectivity index (χ3n) is 19.5. The number of aliphatic hydroxyl groups is 4. The number of nitrogens with zero attached hydrogens (tertiary/aromatic N) is 4. The molecule has 4 aromatic heterocycles. The Bertz CT molecular complexity index is 4290. The summed E-state index contributed by atoms with van der Waals surface area (Å²) in [6.07, 6.45) is 0.293. The molecule has 39 heteroatoms. The van der Waals surface area contributed by atoms with E-state index in [1.165, 1.54) is 38.1 Å². The van der Waals surface area contributed by atoms with Crippen molar-refractivity contribution in [1.82, 2.24) is 104 Å². The minimum absolute atomic E-state index is 0.0160. The number of aromatic nitrogens is 7. The molecule has 0 saturated carbocycles. The quantitative estimate of drug-likeness (QED) is 0.0266. The number of hydrogen-bond donors (Lipinski definition) is 22. The molecule has 7 rings (SSSR count). The Morgan fingerprint density at radius 3 is 1.71 bits per heavy atom. The SMILES string of the molecule is CN[C@@H](CC(=O)O)C(O)N[C@H]1CCc2cn(nn2)CCCC[C@@H](C(=O)N[C@H](C(N)=O)[C@@H](C)O)NC(=O)[C@H](Cc2c[nH]c3ccccc23)NC(=O)[C@H](C(C)C)NC(=O)[C@H](CC(C)C)NC(=O)[C@H](CCC(O)O)NC(=O)CNC(=O)[C@H](CC(C)C)NC(=O)[C@H](Cc2cnc[nH]2)NC(=O)[C@H](Cc2c[nH]c3ccccc23)NC(=O)[C@H](C)NC1=O. The van der Waals surface area contributed by atoms with Gasteiger partial charge in [-0.2, -0.15) is 0 Å². The van der Waals surface area contributed by atoms with Gasteiger partial charge in [0.15, 0.2) is 6.29 Å². The maximum absolute atomic E-state index is 15.0. The van der Waals surface area contributed by atoms with Crippen molar-refractivity contribution in [3.63, 3.8) is 0 Å². The molecule has 39 nitrogen and oxygen atoms in total. The normalized spacial score (nSPS) is 23.1. The van der Waals surface area contributed by atoms with Gasteiger partial charge >= 0.3 is 5.97 Å². The van der Waals surface area contributed by atoms with E-state index in [4.69, 9.17) is 5.73 Å². The number of aryl methyl sites for hydroxylation is 2. The van der Waals surface area contributed by atoms with Crippen LogP contribution in [0.4, 0.5) is 0 Å². The Labute approximate surface area is 663 Å². The fourth-order valence-electron chi connectivity index (χ4n) is 13.2. The second-order valence-corrected chi connectivity index (χ2v) is 30.2. The van der Waals surface area contributed by atoms with Gasteiger partial charge in [-0.15, -0.1) is 5.10 Å². The van der Waals surface area contributed by atoms with Gasteiger partial charge in [-0.25, -0.2) is 4.98 Å². The molecule has 0 aliphatic carbocycles. The molecule has 1 aliphatic heterocycles. The molecular weight excluding hydrogens is 1490 g/mol. The lowest BCUT2D eigenvalue weighted by Gasteiger charge is -2.29. The van der Waals surface area contributed by atoms with Crippen LogP contribution >= 0.6 is 0 Å². The van der Waals surface area contributed by atoms with E-state index in [0.717, 1.165) is 0 Å². The number of para-hydroxylation sites is 2. The van der Waals surface area contributed by atoms with Gasteiger partial charge in [0, 0.05) is 84.5 Å². The second kappa shape index (κ2) is 43.8. The molecule has 0 radical (unpaired) electrons. The Morgan fingerprint density at radius 2 is 1.17 bits per heavy atom. The third-order valence-corrected chi connectivity index (χ3v) is 19.5. The van der Waals surface area contributed by atoms with Crippen LogP contribution in [0, 0.1) is 17.8 Å². The number of likely N-dealkylation sites (N-methyl/N-ethyl adjacent to an activating group) is 1. The average Bonchev–Trinajstić information content (AvgIpc) is 1.70. The van der Waals surface area contributed by atoms with Crippen molar-refractivity contribution in [2.24, 2.45) is 23.5 Å². The number of benzene rings is 2. The molecule has 5 heterocycles. The van der Waals surface area contributed by atoms with Crippen LogP contribution in [-0.2, 0) is 94.6 Å². The Kier molecular flexibility index (Phi) is 34.7. The monoisotopic (exact) mass is 1610 g/mol. The van der Waals surface area contributed by atoms with Crippen molar-refractivity contribution in [3.05, 3.63) is 102 Å². The number of carbonyl (C=O) groups is 13. The number of amides is 12. The molecule has 14 atom stereocenters. The van der Waals surface area contributed by atoms with Crippen LogP contribution in [0.1, 0.15) is 136 Å². The Balaban J connectivity index is 1.26. The summed E-state index contributed by atoms with van der Waals surface area (Å²) in [6.45, 7) is 12.1. The van der Waals surface area contributed by atoms with E-state index in [2.05, 4.69) is 99.4 Å². The van der Waals surface area contributed by atoms with Crippen molar-refractivity contribution >= 4 is 98.7 Å². The minimum Gasteiger partial charge on any atom is -0.481 e. The van der Waals surface area contributed by atoms with E-state index in [0.29, 0.717) is 44.3 Å². The van der Waals surface area contributed by atoms with Crippen LogP contribution in [-0.4, -0.2) is 242 Å². The van der Waals surface area contributed by atoms with Crippen molar-refractivity contribution in [1.29, 1.82) is 0 Å². The molecule has 23 N–H and O–H groups in total. The number of aliphatic carboxylic acids is 1. The summed E-state index contributed by atoms with van der Waals surface area (Å²) in [5.74, 6) is -13.7. The number of imidazole rings is 1. The molecule has 6 aromatic rings. The van der Waals surface area contributed by atoms with Crippen molar-refractivity contribution < 1.29 is 87.9 Å². The van der Waals surface area contributed by atoms with Crippen LogP contribution < -0.4 is 74.9 Å². The summed E-state index contributed by atoms with van der Waals surface area (Å²) in [7, 11) is 1.41. The van der Waals surface area contributed by atoms with Crippen LogP contribution in [0.5, 0.6) is 0 Å². The van der Waals surface area contributed by atoms with Gasteiger partial charge in [0.1, 0.15) is 66.6 Å². The number of carboxylic acid groups (broad SMARTS) is 1. The molecule has 0 spiro atoms. The highest BCUT2D eigenvalue weighted by Gasteiger charge is 2.39. The summed E-state index contributed by atoms with van der Waals surface area (Å²) < 4.78 is 1.46.